The fourth-order valence-electron chi connectivity index (χ4n) is 5.21. The van der Waals surface area contributed by atoms with Crippen molar-refractivity contribution in [3.05, 3.63) is 65.1 Å². The number of rotatable bonds is 2. The van der Waals surface area contributed by atoms with E-state index in [0.717, 1.165) is 24.0 Å². The molecule has 1 atom stereocenters. The minimum Gasteiger partial charge on any atom is -0.338 e. The van der Waals surface area contributed by atoms with E-state index in [1.165, 1.54) is 4.90 Å². The Morgan fingerprint density at radius 1 is 1.08 bits per heavy atom. The maximum absolute atomic E-state index is 13.0. The highest BCUT2D eigenvalue weighted by molar-refractivity contribution is 6.05. The minimum atomic E-state index is -0.649. The fourth-order valence-corrected chi connectivity index (χ4v) is 5.21. The molecule has 0 aliphatic carbocycles. The molecule has 1 N–H and O–H groups in total. The molecule has 10 nitrogen and oxygen atoms in total. The molecule has 6 rings (SSSR count). The number of carbonyl (C=O) groups is 4. The maximum atomic E-state index is 13.0. The van der Waals surface area contributed by atoms with E-state index in [4.69, 9.17) is 0 Å². The van der Waals surface area contributed by atoms with Gasteiger partial charge >= 0.3 is 0 Å². The number of hydrogen-bond acceptors (Lipinski definition) is 6. The molecular weight excluding hydrogens is 472 g/mol. The summed E-state index contributed by atoms with van der Waals surface area (Å²) in [7, 11) is 0. The van der Waals surface area contributed by atoms with Gasteiger partial charge in [0.25, 0.3) is 11.8 Å². The Morgan fingerprint density at radius 2 is 1.92 bits per heavy atom. The first-order valence-corrected chi connectivity index (χ1v) is 12.3. The third-order valence-corrected chi connectivity index (χ3v) is 7.27. The summed E-state index contributed by atoms with van der Waals surface area (Å²) in [6, 6.07) is 6.59. The Balaban J connectivity index is 1.12. The van der Waals surface area contributed by atoms with Crippen molar-refractivity contribution in [3.63, 3.8) is 0 Å². The van der Waals surface area contributed by atoms with Gasteiger partial charge in [-0.3, -0.25) is 24.5 Å². The second-order valence-corrected chi connectivity index (χ2v) is 9.54. The van der Waals surface area contributed by atoms with E-state index in [1.807, 2.05) is 11.0 Å². The average Bonchev–Trinajstić information content (AvgIpc) is 3.52. The number of carbonyl (C=O) groups excluding carboxylic acids is 4. The predicted octanol–water partition coefficient (Wildman–Crippen LogP) is 1.39. The zero-order valence-corrected chi connectivity index (χ0v) is 20.0. The SMILES string of the molecule is O=C1CCC(N2Cc3c(C#CC4CCN(C(=O)c5cnc6ccnn6c5)CC4)cccc3C2=O)C(=O)N1. The highest BCUT2D eigenvalue weighted by atomic mass is 16.2. The molecule has 2 aromatic heterocycles. The molecule has 0 saturated carbocycles. The van der Waals surface area contributed by atoms with E-state index in [1.54, 1.807) is 41.3 Å². The molecule has 5 heterocycles. The molecule has 3 aliphatic rings. The molecule has 3 aromatic rings. The Hall–Kier alpha value is -4.52. The van der Waals surface area contributed by atoms with Crippen LogP contribution in [0.25, 0.3) is 5.65 Å². The number of hydrogen-bond donors (Lipinski definition) is 1. The molecule has 4 amide bonds. The number of nitrogens with one attached hydrogen (secondary N) is 1. The van der Waals surface area contributed by atoms with Gasteiger partial charge in [-0.1, -0.05) is 17.9 Å². The zero-order valence-electron chi connectivity index (χ0n) is 20.0. The predicted molar refractivity (Wildman–Crippen MR) is 131 cm³/mol. The topological polar surface area (TPSA) is 117 Å². The van der Waals surface area contributed by atoms with Crippen molar-refractivity contribution in [3.8, 4) is 11.8 Å². The summed E-state index contributed by atoms with van der Waals surface area (Å²) in [5.41, 5.74) is 3.35. The van der Waals surface area contributed by atoms with Gasteiger partial charge in [-0.25, -0.2) is 9.50 Å². The lowest BCUT2D eigenvalue weighted by Crippen LogP contribution is -2.52. The molecule has 0 radical (unpaired) electrons. The van der Waals surface area contributed by atoms with Gasteiger partial charge in [-0.2, -0.15) is 5.10 Å². The van der Waals surface area contributed by atoms with Gasteiger partial charge in [0.05, 0.1) is 11.8 Å². The summed E-state index contributed by atoms with van der Waals surface area (Å²) in [5.74, 6) is 5.74. The van der Waals surface area contributed by atoms with Gasteiger partial charge in [-0.05, 0) is 37.0 Å². The van der Waals surface area contributed by atoms with Crippen LogP contribution >= 0.6 is 0 Å². The summed E-state index contributed by atoms with van der Waals surface area (Å²) in [5, 5.41) is 6.48. The largest absolute Gasteiger partial charge is 0.338 e. The van der Waals surface area contributed by atoms with Gasteiger partial charge in [-0.15, -0.1) is 0 Å². The van der Waals surface area contributed by atoms with Crippen molar-refractivity contribution >= 4 is 29.3 Å². The Morgan fingerprint density at radius 3 is 2.73 bits per heavy atom. The third kappa shape index (κ3) is 4.22. The van der Waals surface area contributed by atoms with E-state index in [9.17, 15) is 19.2 Å². The number of piperidine rings is 2. The Bertz CT molecular complexity index is 1510. The second kappa shape index (κ2) is 9.17. The van der Waals surface area contributed by atoms with Crippen molar-refractivity contribution < 1.29 is 19.2 Å². The second-order valence-electron chi connectivity index (χ2n) is 9.54. The van der Waals surface area contributed by atoms with E-state index in [-0.39, 0.29) is 30.1 Å². The standard InChI is InChI=1S/C27H24N6O4/c34-24-7-6-22(25(35)30-24)32-16-21-18(2-1-3-20(21)27(32)37)5-4-17-9-12-31(13-10-17)26(36)19-14-28-23-8-11-29-33(23)15-19/h1-3,8,11,14-15,17,22H,6-7,9-10,12-13,16H2,(H,30,34,35). The number of fused-ring (bicyclic) bond motifs is 2. The average molecular weight is 497 g/mol. The van der Waals surface area contributed by atoms with Crippen LogP contribution in [0.3, 0.4) is 0 Å². The molecule has 0 spiro atoms. The van der Waals surface area contributed by atoms with Gasteiger partial charge in [0.2, 0.25) is 11.8 Å². The van der Waals surface area contributed by atoms with Crippen LogP contribution in [-0.4, -0.2) is 67.2 Å². The molecule has 186 valence electrons. The summed E-state index contributed by atoms with van der Waals surface area (Å²) in [6.07, 6.45) is 6.99. The van der Waals surface area contributed by atoms with Crippen LogP contribution < -0.4 is 5.32 Å². The van der Waals surface area contributed by atoms with E-state index in [0.29, 0.717) is 42.8 Å². The first-order valence-electron chi connectivity index (χ1n) is 12.3. The van der Waals surface area contributed by atoms with Crippen LogP contribution in [-0.2, 0) is 16.1 Å². The van der Waals surface area contributed by atoms with Crippen molar-refractivity contribution in [2.45, 2.75) is 38.3 Å². The van der Waals surface area contributed by atoms with Crippen LogP contribution in [0.2, 0.25) is 0 Å². The number of benzene rings is 1. The zero-order chi connectivity index (χ0) is 25.5. The smallest absolute Gasteiger partial charge is 0.256 e. The lowest BCUT2D eigenvalue weighted by atomic mass is 9.96. The van der Waals surface area contributed by atoms with E-state index < -0.39 is 11.9 Å². The number of amides is 4. The first kappa shape index (κ1) is 22.9. The molecule has 2 fully saturated rings. The monoisotopic (exact) mass is 496 g/mol. The van der Waals surface area contributed by atoms with Crippen molar-refractivity contribution in [2.75, 3.05) is 13.1 Å². The van der Waals surface area contributed by atoms with Gasteiger partial charge in [0.15, 0.2) is 5.65 Å². The van der Waals surface area contributed by atoms with E-state index in [2.05, 4.69) is 27.2 Å². The van der Waals surface area contributed by atoms with Gasteiger partial charge in [0, 0.05) is 61.6 Å². The highest BCUT2D eigenvalue weighted by Crippen LogP contribution is 2.29. The van der Waals surface area contributed by atoms with Gasteiger partial charge < -0.3 is 9.80 Å². The number of likely N-dealkylation sites (tertiary alicyclic amines) is 1. The molecule has 2 saturated heterocycles. The van der Waals surface area contributed by atoms with Crippen LogP contribution in [0.1, 0.15) is 57.5 Å². The van der Waals surface area contributed by atoms with Crippen LogP contribution in [0.15, 0.2) is 42.9 Å². The highest BCUT2D eigenvalue weighted by Gasteiger charge is 2.39. The summed E-state index contributed by atoms with van der Waals surface area (Å²) in [4.78, 5) is 57.4. The van der Waals surface area contributed by atoms with Crippen molar-refractivity contribution in [1.82, 2.24) is 29.7 Å². The molecule has 1 unspecified atom stereocenters. The van der Waals surface area contributed by atoms with Crippen molar-refractivity contribution in [2.24, 2.45) is 5.92 Å². The molecule has 10 heteroatoms. The van der Waals surface area contributed by atoms with Gasteiger partial charge in [0.1, 0.15) is 6.04 Å². The lowest BCUT2D eigenvalue weighted by molar-refractivity contribution is -0.136. The van der Waals surface area contributed by atoms with Crippen LogP contribution in [0, 0.1) is 17.8 Å². The first-order chi connectivity index (χ1) is 18.0. The van der Waals surface area contributed by atoms with Crippen LogP contribution in [0.4, 0.5) is 0 Å². The number of nitrogens with zero attached hydrogens (tertiary/aromatic N) is 5. The quantitative estimate of drug-likeness (QED) is 0.423. The lowest BCUT2D eigenvalue weighted by Gasteiger charge is -2.29. The van der Waals surface area contributed by atoms with Crippen LogP contribution in [0.5, 0.6) is 0 Å². The maximum Gasteiger partial charge on any atom is 0.256 e. The molecular formula is C27H24N6O4. The summed E-state index contributed by atoms with van der Waals surface area (Å²) < 4.78 is 1.59. The third-order valence-electron chi connectivity index (χ3n) is 7.27. The number of imide groups is 1. The van der Waals surface area contributed by atoms with Crippen molar-refractivity contribution in [1.29, 1.82) is 0 Å². The Labute approximate surface area is 212 Å². The Kier molecular flexibility index (Phi) is 5.68. The van der Waals surface area contributed by atoms with E-state index >= 15 is 0 Å². The minimum absolute atomic E-state index is 0.0655. The fraction of sp³-hybridized carbons (Fsp3) is 0.333. The molecule has 37 heavy (non-hydrogen) atoms. The normalized spacial score (nSPS) is 20.0. The molecule has 0 bridgehead atoms. The number of aromatic nitrogens is 3. The molecule has 1 aromatic carbocycles. The summed E-state index contributed by atoms with van der Waals surface area (Å²) >= 11 is 0. The summed E-state index contributed by atoms with van der Waals surface area (Å²) in [6.45, 7) is 1.50. The molecule has 3 aliphatic heterocycles.